The lowest BCUT2D eigenvalue weighted by Gasteiger charge is -2.32. The molecule has 0 spiro atoms. The average Bonchev–Trinajstić information content (AvgIpc) is 2.75. The van der Waals surface area contributed by atoms with Crippen molar-refractivity contribution in [2.45, 2.75) is 44.9 Å². The highest BCUT2D eigenvalue weighted by atomic mass is 16.3. The molecule has 1 aromatic rings. The van der Waals surface area contributed by atoms with Gasteiger partial charge in [-0.3, -0.25) is 0 Å². The van der Waals surface area contributed by atoms with Crippen LogP contribution < -0.4 is 0 Å². The van der Waals surface area contributed by atoms with E-state index in [0.29, 0.717) is 6.04 Å². The summed E-state index contributed by atoms with van der Waals surface area (Å²) in [6, 6.07) is 0.697. The maximum Gasteiger partial charge on any atom is 0.134 e. The first-order chi connectivity index (χ1) is 7.81. The summed E-state index contributed by atoms with van der Waals surface area (Å²) >= 11 is 0. The van der Waals surface area contributed by atoms with Crippen LogP contribution in [0.5, 0.6) is 0 Å². The zero-order chi connectivity index (χ0) is 11.4. The minimum absolute atomic E-state index is 0.0352. The molecule has 0 aliphatic carbocycles. The van der Waals surface area contributed by atoms with Crippen LogP contribution in [0.15, 0.2) is 12.4 Å². The maximum absolute atomic E-state index is 9.10. The highest BCUT2D eigenvalue weighted by Gasteiger charge is 2.18. The van der Waals surface area contributed by atoms with Gasteiger partial charge >= 0.3 is 0 Å². The predicted octanol–water partition coefficient (Wildman–Crippen LogP) is 1.25. The van der Waals surface area contributed by atoms with Gasteiger partial charge < -0.3 is 14.6 Å². The van der Waals surface area contributed by atoms with Crippen molar-refractivity contribution < 1.29 is 5.11 Å². The Balaban J connectivity index is 1.86. The minimum Gasteiger partial charge on any atom is -0.388 e. The fourth-order valence-electron chi connectivity index (χ4n) is 2.49. The highest BCUT2D eigenvalue weighted by Crippen LogP contribution is 2.18. The van der Waals surface area contributed by atoms with Crippen molar-refractivity contribution in [3.63, 3.8) is 0 Å². The molecule has 0 amide bonds. The number of aliphatic hydroxyl groups excluding tert-OH is 1. The molecular formula is C12H21N3O. The van der Waals surface area contributed by atoms with E-state index in [-0.39, 0.29) is 6.61 Å². The van der Waals surface area contributed by atoms with E-state index in [1.54, 1.807) is 6.20 Å². The molecule has 90 valence electrons. The first-order valence-corrected chi connectivity index (χ1v) is 6.12. The number of hydrogen-bond donors (Lipinski definition) is 1. The first kappa shape index (κ1) is 11.6. The molecule has 0 radical (unpaired) electrons. The van der Waals surface area contributed by atoms with E-state index in [1.165, 1.54) is 25.8 Å². The molecular weight excluding hydrogens is 202 g/mol. The Labute approximate surface area is 96.9 Å². The van der Waals surface area contributed by atoms with E-state index in [9.17, 15) is 0 Å². The van der Waals surface area contributed by atoms with Crippen molar-refractivity contribution in [2.24, 2.45) is 0 Å². The van der Waals surface area contributed by atoms with Crippen molar-refractivity contribution in [1.82, 2.24) is 14.5 Å². The molecule has 4 nitrogen and oxygen atoms in total. The molecule has 4 heteroatoms. The summed E-state index contributed by atoms with van der Waals surface area (Å²) < 4.78 is 2.06. The van der Waals surface area contributed by atoms with Crippen LogP contribution in [0.25, 0.3) is 0 Å². The Kier molecular flexibility index (Phi) is 3.96. The second kappa shape index (κ2) is 5.46. The molecule has 1 atom stereocenters. The van der Waals surface area contributed by atoms with Crippen LogP contribution in [0.2, 0.25) is 0 Å². The first-order valence-electron chi connectivity index (χ1n) is 6.12. The Morgan fingerprint density at radius 2 is 2.38 bits per heavy atom. The number of rotatable bonds is 4. The van der Waals surface area contributed by atoms with Crippen LogP contribution in [0.4, 0.5) is 0 Å². The zero-order valence-corrected chi connectivity index (χ0v) is 9.97. The normalized spacial score (nSPS) is 22.5. The Hall–Kier alpha value is -0.870. The SMILES string of the molecule is CN1CCCCC1CCn1ccnc1CO. The fourth-order valence-corrected chi connectivity index (χ4v) is 2.49. The summed E-state index contributed by atoms with van der Waals surface area (Å²) in [5.74, 6) is 0.776. The van der Waals surface area contributed by atoms with E-state index in [4.69, 9.17) is 5.11 Å². The molecule has 0 bridgehead atoms. The monoisotopic (exact) mass is 223 g/mol. The third-order valence-corrected chi connectivity index (χ3v) is 3.57. The lowest BCUT2D eigenvalue weighted by Crippen LogP contribution is -2.36. The van der Waals surface area contributed by atoms with Gasteiger partial charge in [0.2, 0.25) is 0 Å². The molecule has 1 unspecified atom stereocenters. The standard InChI is InChI=1S/C12H21N3O/c1-14-7-3-2-4-11(14)5-8-15-9-6-13-12(15)10-16/h6,9,11,16H,2-5,7-8,10H2,1H3. The van der Waals surface area contributed by atoms with Gasteiger partial charge in [-0.15, -0.1) is 0 Å². The van der Waals surface area contributed by atoms with Crippen molar-refractivity contribution >= 4 is 0 Å². The highest BCUT2D eigenvalue weighted by molar-refractivity contribution is 4.90. The topological polar surface area (TPSA) is 41.3 Å². The molecule has 1 aliphatic heterocycles. The third-order valence-electron chi connectivity index (χ3n) is 3.57. The van der Waals surface area contributed by atoms with Gasteiger partial charge in [0, 0.05) is 25.0 Å². The molecule has 0 aromatic carbocycles. The van der Waals surface area contributed by atoms with Gasteiger partial charge in [-0.1, -0.05) is 6.42 Å². The van der Waals surface area contributed by atoms with Crippen LogP contribution in [0, 0.1) is 0 Å². The lowest BCUT2D eigenvalue weighted by atomic mass is 10.0. The lowest BCUT2D eigenvalue weighted by molar-refractivity contribution is 0.169. The molecule has 0 saturated carbocycles. The van der Waals surface area contributed by atoms with Crippen molar-refractivity contribution in [1.29, 1.82) is 0 Å². The number of imidazole rings is 1. The number of aliphatic hydroxyl groups is 1. The number of likely N-dealkylation sites (tertiary alicyclic amines) is 1. The van der Waals surface area contributed by atoms with Crippen molar-refractivity contribution in [2.75, 3.05) is 13.6 Å². The van der Waals surface area contributed by atoms with Crippen LogP contribution >= 0.6 is 0 Å². The van der Waals surface area contributed by atoms with Gasteiger partial charge in [0.25, 0.3) is 0 Å². The Bertz CT molecular complexity index is 324. The molecule has 2 rings (SSSR count). The van der Waals surface area contributed by atoms with E-state index < -0.39 is 0 Å². The van der Waals surface area contributed by atoms with Gasteiger partial charge in [-0.05, 0) is 32.9 Å². The molecule has 2 heterocycles. The number of hydrogen-bond acceptors (Lipinski definition) is 3. The van der Waals surface area contributed by atoms with Gasteiger partial charge in [0.15, 0.2) is 0 Å². The van der Waals surface area contributed by atoms with Gasteiger partial charge in [0.05, 0.1) is 0 Å². The number of piperidine rings is 1. The second-order valence-corrected chi connectivity index (χ2v) is 4.61. The van der Waals surface area contributed by atoms with Crippen molar-refractivity contribution in [3.8, 4) is 0 Å². The largest absolute Gasteiger partial charge is 0.388 e. The Morgan fingerprint density at radius 1 is 1.50 bits per heavy atom. The van der Waals surface area contributed by atoms with E-state index in [0.717, 1.165) is 18.8 Å². The molecule has 1 aliphatic rings. The van der Waals surface area contributed by atoms with E-state index in [2.05, 4.69) is 21.5 Å². The van der Waals surface area contributed by atoms with E-state index in [1.807, 2.05) is 6.20 Å². The quantitative estimate of drug-likeness (QED) is 0.835. The maximum atomic E-state index is 9.10. The van der Waals surface area contributed by atoms with Crippen molar-refractivity contribution in [3.05, 3.63) is 18.2 Å². The summed E-state index contributed by atoms with van der Waals surface area (Å²) in [4.78, 5) is 6.57. The summed E-state index contributed by atoms with van der Waals surface area (Å²) in [7, 11) is 2.21. The zero-order valence-electron chi connectivity index (χ0n) is 9.97. The summed E-state index contributed by atoms with van der Waals surface area (Å²) in [5, 5.41) is 9.10. The third kappa shape index (κ3) is 2.62. The van der Waals surface area contributed by atoms with E-state index >= 15 is 0 Å². The van der Waals surface area contributed by atoms with Gasteiger partial charge in [-0.2, -0.15) is 0 Å². The fraction of sp³-hybridized carbons (Fsp3) is 0.750. The molecule has 1 N–H and O–H groups in total. The van der Waals surface area contributed by atoms with Crippen LogP contribution in [0.1, 0.15) is 31.5 Å². The second-order valence-electron chi connectivity index (χ2n) is 4.61. The summed E-state index contributed by atoms with van der Waals surface area (Å²) in [6.45, 7) is 2.22. The van der Waals surface area contributed by atoms with Crippen LogP contribution in [0.3, 0.4) is 0 Å². The van der Waals surface area contributed by atoms with Gasteiger partial charge in [0.1, 0.15) is 12.4 Å². The van der Waals surface area contributed by atoms with Crippen LogP contribution in [-0.4, -0.2) is 39.2 Å². The minimum atomic E-state index is 0.0352. The predicted molar refractivity (Wildman–Crippen MR) is 63.0 cm³/mol. The summed E-state index contributed by atoms with van der Waals surface area (Å²) in [6.07, 6.45) is 8.86. The average molecular weight is 223 g/mol. The molecule has 1 aromatic heterocycles. The number of aromatic nitrogens is 2. The molecule has 1 saturated heterocycles. The number of nitrogens with zero attached hydrogens (tertiary/aromatic N) is 3. The molecule has 16 heavy (non-hydrogen) atoms. The molecule has 1 fully saturated rings. The number of aryl methyl sites for hydroxylation is 1. The van der Waals surface area contributed by atoms with Crippen LogP contribution in [-0.2, 0) is 13.2 Å². The van der Waals surface area contributed by atoms with Gasteiger partial charge in [-0.25, -0.2) is 4.98 Å². The summed E-state index contributed by atoms with van der Waals surface area (Å²) in [5.41, 5.74) is 0. The Morgan fingerprint density at radius 3 is 3.12 bits per heavy atom. The smallest absolute Gasteiger partial charge is 0.134 e.